The van der Waals surface area contributed by atoms with Crippen molar-refractivity contribution >= 4 is 10.0 Å². The molecule has 1 aromatic rings. The van der Waals surface area contributed by atoms with Crippen LogP contribution in [-0.2, 0) is 21.2 Å². The fraction of sp³-hybridized carbons (Fsp3) is 0.600. The summed E-state index contributed by atoms with van der Waals surface area (Å²) in [6.45, 7) is 1.24. The van der Waals surface area contributed by atoms with Gasteiger partial charge in [0.05, 0.1) is 11.9 Å². The van der Waals surface area contributed by atoms with Gasteiger partial charge in [0.15, 0.2) is 0 Å². The van der Waals surface area contributed by atoms with Crippen molar-refractivity contribution in [1.82, 2.24) is 4.31 Å². The Balaban J connectivity index is 1.77. The normalized spacial score (nSPS) is 19.6. The first-order valence-electron chi connectivity index (χ1n) is 7.17. The van der Waals surface area contributed by atoms with Gasteiger partial charge in [0.1, 0.15) is 0 Å². The Hall–Kier alpha value is -0.910. The Bertz CT molecular complexity index is 495. The third-order valence-corrected chi connectivity index (χ3v) is 5.57. The molecule has 1 fully saturated rings. The second kappa shape index (κ2) is 7.20. The molecule has 2 rings (SSSR count). The molecule has 1 atom stereocenters. The molecule has 5 heteroatoms. The quantitative estimate of drug-likeness (QED) is 0.774. The van der Waals surface area contributed by atoms with E-state index in [9.17, 15) is 8.42 Å². The van der Waals surface area contributed by atoms with Gasteiger partial charge in [-0.25, -0.2) is 12.7 Å². The van der Waals surface area contributed by atoms with E-state index in [0.717, 1.165) is 25.9 Å². The standard InChI is InChI=1S/C15H23NO3S/c1-16(13-15-10-5-11-19-15)20(17,18)12-6-9-14-7-3-2-4-8-14/h2-4,7-8,15H,5-6,9-13H2,1H3. The van der Waals surface area contributed by atoms with Crippen LogP contribution in [0.4, 0.5) is 0 Å². The molecule has 0 aromatic heterocycles. The Labute approximate surface area is 121 Å². The van der Waals surface area contributed by atoms with Gasteiger partial charge in [-0.05, 0) is 31.2 Å². The second-order valence-corrected chi connectivity index (χ2v) is 7.52. The average Bonchev–Trinajstić information content (AvgIpc) is 2.92. The fourth-order valence-corrected chi connectivity index (χ4v) is 3.66. The van der Waals surface area contributed by atoms with Crippen LogP contribution in [0.25, 0.3) is 0 Å². The van der Waals surface area contributed by atoms with Gasteiger partial charge in [-0.15, -0.1) is 0 Å². The summed E-state index contributed by atoms with van der Waals surface area (Å²) < 4.78 is 31.3. The summed E-state index contributed by atoms with van der Waals surface area (Å²) in [6.07, 6.45) is 3.52. The van der Waals surface area contributed by atoms with Crippen molar-refractivity contribution in [3.05, 3.63) is 35.9 Å². The minimum absolute atomic E-state index is 0.0731. The fourth-order valence-electron chi connectivity index (χ4n) is 2.45. The molecule has 0 aliphatic carbocycles. The lowest BCUT2D eigenvalue weighted by molar-refractivity contribution is 0.0979. The highest BCUT2D eigenvalue weighted by Crippen LogP contribution is 2.15. The monoisotopic (exact) mass is 297 g/mol. The van der Waals surface area contributed by atoms with Crippen molar-refractivity contribution in [3.8, 4) is 0 Å². The summed E-state index contributed by atoms with van der Waals surface area (Å²) in [4.78, 5) is 0. The summed E-state index contributed by atoms with van der Waals surface area (Å²) >= 11 is 0. The lowest BCUT2D eigenvalue weighted by Crippen LogP contribution is -2.35. The van der Waals surface area contributed by atoms with Gasteiger partial charge < -0.3 is 4.74 Å². The molecule has 1 saturated heterocycles. The van der Waals surface area contributed by atoms with Crippen molar-refractivity contribution in [1.29, 1.82) is 0 Å². The maximum Gasteiger partial charge on any atom is 0.213 e. The zero-order chi connectivity index (χ0) is 14.4. The Morgan fingerprint density at radius 2 is 2.05 bits per heavy atom. The molecule has 0 saturated carbocycles. The van der Waals surface area contributed by atoms with E-state index >= 15 is 0 Å². The van der Waals surface area contributed by atoms with E-state index in [2.05, 4.69) is 0 Å². The largest absolute Gasteiger partial charge is 0.377 e. The predicted molar refractivity (Wildman–Crippen MR) is 80.2 cm³/mol. The van der Waals surface area contributed by atoms with E-state index in [-0.39, 0.29) is 11.9 Å². The van der Waals surface area contributed by atoms with Crippen LogP contribution in [-0.4, -0.2) is 44.8 Å². The molecule has 0 N–H and O–H groups in total. The van der Waals surface area contributed by atoms with Gasteiger partial charge in [-0.3, -0.25) is 0 Å². The van der Waals surface area contributed by atoms with Gasteiger partial charge in [0, 0.05) is 20.2 Å². The van der Waals surface area contributed by atoms with Gasteiger partial charge in [0.25, 0.3) is 0 Å². The number of aryl methyl sites for hydroxylation is 1. The number of rotatable bonds is 7. The van der Waals surface area contributed by atoms with Gasteiger partial charge >= 0.3 is 0 Å². The number of benzene rings is 1. The highest BCUT2D eigenvalue weighted by Gasteiger charge is 2.24. The third-order valence-electron chi connectivity index (χ3n) is 3.67. The number of hydrogen-bond donors (Lipinski definition) is 0. The third kappa shape index (κ3) is 4.58. The molecule has 1 aliphatic heterocycles. The van der Waals surface area contributed by atoms with E-state index in [4.69, 9.17) is 4.74 Å². The first kappa shape index (κ1) is 15.5. The molecule has 0 amide bonds. The van der Waals surface area contributed by atoms with Crippen LogP contribution < -0.4 is 0 Å². The zero-order valence-corrected chi connectivity index (χ0v) is 12.8. The summed E-state index contributed by atoms with van der Waals surface area (Å²) in [5.74, 6) is 0.200. The molecule has 4 nitrogen and oxygen atoms in total. The van der Waals surface area contributed by atoms with Crippen molar-refractivity contribution in [2.75, 3.05) is 26.0 Å². The van der Waals surface area contributed by atoms with Crippen LogP contribution in [0.1, 0.15) is 24.8 Å². The molecule has 112 valence electrons. The van der Waals surface area contributed by atoms with Crippen LogP contribution in [0.3, 0.4) is 0 Å². The Morgan fingerprint density at radius 3 is 2.70 bits per heavy atom. The smallest absolute Gasteiger partial charge is 0.213 e. The summed E-state index contributed by atoms with van der Waals surface area (Å²) in [6, 6.07) is 9.99. The predicted octanol–water partition coefficient (Wildman–Crippen LogP) is 2.06. The van der Waals surface area contributed by atoms with E-state index in [1.54, 1.807) is 7.05 Å². The van der Waals surface area contributed by atoms with E-state index in [1.807, 2.05) is 30.3 Å². The van der Waals surface area contributed by atoms with E-state index < -0.39 is 10.0 Å². The van der Waals surface area contributed by atoms with Gasteiger partial charge in [-0.2, -0.15) is 0 Å². The first-order valence-corrected chi connectivity index (χ1v) is 8.78. The molecular weight excluding hydrogens is 274 g/mol. The van der Waals surface area contributed by atoms with Gasteiger partial charge in [-0.1, -0.05) is 30.3 Å². The van der Waals surface area contributed by atoms with E-state index in [0.29, 0.717) is 13.0 Å². The van der Waals surface area contributed by atoms with Crippen LogP contribution in [0.15, 0.2) is 30.3 Å². The second-order valence-electron chi connectivity index (χ2n) is 5.32. The number of nitrogens with zero attached hydrogens (tertiary/aromatic N) is 1. The van der Waals surface area contributed by atoms with E-state index in [1.165, 1.54) is 9.87 Å². The SMILES string of the molecule is CN(CC1CCCO1)S(=O)(=O)CCCc1ccccc1. The summed E-state index contributed by atoms with van der Waals surface area (Å²) in [5, 5.41) is 0. The van der Waals surface area contributed by atoms with Crippen LogP contribution in [0.2, 0.25) is 0 Å². The van der Waals surface area contributed by atoms with Crippen molar-refractivity contribution in [3.63, 3.8) is 0 Å². The topological polar surface area (TPSA) is 46.6 Å². The minimum Gasteiger partial charge on any atom is -0.377 e. The zero-order valence-electron chi connectivity index (χ0n) is 12.0. The summed E-state index contributed by atoms with van der Waals surface area (Å²) in [5.41, 5.74) is 1.18. The highest BCUT2D eigenvalue weighted by atomic mass is 32.2. The van der Waals surface area contributed by atoms with Crippen LogP contribution in [0.5, 0.6) is 0 Å². The lowest BCUT2D eigenvalue weighted by Gasteiger charge is -2.20. The first-order chi connectivity index (χ1) is 9.58. The highest BCUT2D eigenvalue weighted by molar-refractivity contribution is 7.89. The number of hydrogen-bond acceptors (Lipinski definition) is 3. The lowest BCUT2D eigenvalue weighted by atomic mass is 10.1. The molecular formula is C15H23NO3S. The molecule has 20 heavy (non-hydrogen) atoms. The molecule has 1 heterocycles. The molecule has 1 aliphatic rings. The maximum atomic E-state index is 12.2. The Morgan fingerprint density at radius 1 is 1.30 bits per heavy atom. The minimum atomic E-state index is -3.16. The molecule has 0 radical (unpaired) electrons. The summed E-state index contributed by atoms with van der Waals surface area (Å²) in [7, 11) is -1.51. The van der Waals surface area contributed by atoms with Crippen LogP contribution in [0, 0.1) is 0 Å². The molecule has 1 unspecified atom stereocenters. The molecule has 0 bridgehead atoms. The van der Waals surface area contributed by atoms with Crippen molar-refractivity contribution in [2.45, 2.75) is 31.8 Å². The van der Waals surface area contributed by atoms with Gasteiger partial charge in [0.2, 0.25) is 10.0 Å². The maximum absolute atomic E-state index is 12.2. The number of likely N-dealkylation sites (N-methyl/N-ethyl adjacent to an activating group) is 1. The molecule has 1 aromatic carbocycles. The molecule has 0 spiro atoms. The van der Waals surface area contributed by atoms with Crippen molar-refractivity contribution in [2.24, 2.45) is 0 Å². The number of sulfonamides is 1. The van der Waals surface area contributed by atoms with Crippen LogP contribution >= 0.6 is 0 Å². The Kier molecular flexibility index (Phi) is 5.57. The average molecular weight is 297 g/mol. The van der Waals surface area contributed by atoms with Crippen molar-refractivity contribution < 1.29 is 13.2 Å². The number of ether oxygens (including phenoxy) is 1.